The highest BCUT2D eigenvalue weighted by Crippen LogP contribution is 2.24. The summed E-state index contributed by atoms with van der Waals surface area (Å²) >= 11 is 2.89. The second kappa shape index (κ2) is 6.22. The van der Waals surface area contributed by atoms with Crippen molar-refractivity contribution in [1.82, 2.24) is 4.90 Å². The summed E-state index contributed by atoms with van der Waals surface area (Å²) in [5.41, 5.74) is -1.49. The van der Waals surface area contributed by atoms with Crippen LogP contribution in [0.4, 0.5) is 14.9 Å². The van der Waals surface area contributed by atoms with Crippen LogP contribution in [0.1, 0.15) is 31.7 Å². The van der Waals surface area contributed by atoms with Crippen molar-refractivity contribution in [3.63, 3.8) is 0 Å². The molecule has 1 saturated heterocycles. The zero-order valence-corrected chi connectivity index (χ0v) is 13.3. The number of nitrogens with zero attached hydrogens (tertiary/aromatic N) is 2. The van der Waals surface area contributed by atoms with Gasteiger partial charge in [0.05, 0.1) is 15.4 Å². The molecular weight excluding hydrogens is 339 g/mol. The molecule has 1 fully saturated rings. The number of hydrogen-bond donors (Lipinski definition) is 0. The van der Waals surface area contributed by atoms with Gasteiger partial charge in [0.1, 0.15) is 11.4 Å². The average Bonchev–Trinajstić information content (AvgIpc) is 2.46. The highest BCUT2D eigenvalue weighted by molar-refractivity contribution is 9.10. The smallest absolute Gasteiger partial charge is 0.410 e. The van der Waals surface area contributed by atoms with Crippen LogP contribution < -0.4 is 4.90 Å². The molecule has 2 rings (SSSR count). The third-order valence-corrected chi connectivity index (χ3v) is 2.89. The largest absolute Gasteiger partial charge is 0.444 e. The van der Waals surface area contributed by atoms with Gasteiger partial charge < -0.3 is 14.5 Å². The zero-order chi connectivity index (χ0) is 22.8. The van der Waals surface area contributed by atoms with Gasteiger partial charge in [-0.1, -0.05) is 0 Å². The van der Waals surface area contributed by atoms with Gasteiger partial charge in [0.15, 0.2) is 0 Å². The number of rotatable bonds is 1. The van der Waals surface area contributed by atoms with E-state index in [-0.39, 0.29) is 20.0 Å². The summed E-state index contributed by atoms with van der Waals surface area (Å²) in [6.45, 7) is -8.92. The predicted molar refractivity (Wildman–Crippen MR) is 84.1 cm³/mol. The average molecular weight is 367 g/mol. The maximum atomic E-state index is 13.6. The summed E-state index contributed by atoms with van der Waals surface area (Å²) in [7, 11) is 0. The van der Waals surface area contributed by atoms with Gasteiger partial charge in [0, 0.05) is 31.7 Å². The molecule has 0 atom stereocenters. The lowest BCUT2D eigenvalue weighted by atomic mass is 10.2. The molecule has 0 unspecified atom stereocenters. The molecule has 0 radical (unpaired) electrons. The van der Waals surface area contributed by atoms with Gasteiger partial charge in [-0.25, -0.2) is 9.18 Å². The lowest BCUT2D eigenvalue weighted by Gasteiger charge is -2.36. The lowest BCUT2D eigenvalue weighted by Crippen LogP contribution is -2.50. The highest BCUT2D eigenvalue weighted by atomic mass is 79.9. The topological polar surface area (TPSA) is 32.8 Å². The van der Waals surface area contributed by atoms with Crippen LogP contribution in [0.25, 0.3) is 0 Å². The molecule has 0 bridgehead atoms. The number of ether oxygens (including phenoxy) is 1. The van der Waals surface area contributed by atoms with Gasteiger partial charge in [-0.2, -0.15) is 0 Å². The van der Waals surface area contributed by atoms with Gasteiger partial charge in [-0.3, -0.25) is 0 Å². The molecule has 1 aromatic rings. The minimum atomic E-state index is -3.37. The maximum Gasteiger partial charge on any atom is 0.410 e. The molecule has 21 heavy (non-hydrogen) atoms. The third-order valence-electron chi connectivity index (χ3n) is 2.28. The summed E-state index contributed by atoms with van der Waals surface area (Å²) in [4.78, 5) is 12.6. The van der Waals surface area contributed by atoms with Crippen LogP contribution in [0.15, 0.2) is 22.7 Å². The van der Waals surface area contributed by atoms with Crippen molar-refractivity contribution in [2.24, 2.45) is 0 Å². The van der Waals surface area contributed by atoms with E-state index in [1.165, 1.54) is 20.8 Å². The molecule has 1 aromatic carbocycles. The van der Waals surface area contributed by atoms with E-state index in [0.29, 0.717) is 0 Å². The Bertz CT molecular complexity index is 803. The first-order chi connectivity index (χ1) is 12.8. The Kier molecular flexibility index (Phi) is 2.48. The number of carbonyl (C=O) groups is 1. The van der Waals surface area contributed by atoms with E-state index in [1.54, 1.807) is 0 Å². The molecule has 0 saturated carbocycles. The van der Waals surface area contributed by atoms with E-state index in [0.717, 1.165) is 18.2 Å². The lowest BCUT2D eigenvalue weighted by molar-refractivity contribution is 0.0240. The first kappa shape index (κ1) is 8.36. The second-order valence-electron chi connectivity index (χ2n) is 5.20. The molecular formula is C15H20BrFN2O2. The first-order valence-corrected chi connectivity index (χ1v) is 6.86. The molecule has 1 amide bonds. The van der Waals surface area contributed by atoms with Crippen LogP contribution >= 0.6 is 15.9 Å². The maximum absolute atomic E-state index is 13.6. The van der Waals surface area contributed by atoms with Crippen LogP contribution in [0.3, 0.4) is 0 Å². The Labute approximate surface area is 144 Å². The van der Waals surface area contributed by atoms with Crippen molar-refractivity contribution in [3.05, 3.63) is 28.5 Å². The van der Waals surface area contributed by atoms with Crippen molar-refractivity contribution in [1.29, 1.82) is 0 Å². The third kappa shape index (κ3) is 4.33. The molecule has 1 aliphatic heterocycles. The molecule has 4 nitrogen and oxygen atoms in total. The molecule has 0 aromatic heterocycles. The monoisotopic (exact) mass is 366 g/mol. The quantitative estimate of drug-likeness (QED) is 0.760. The van der Waals surface area contributed by atoms with E-state index in [9.17, 15) is 9.18 Å². The van der Waals surface area contributed by atoms with E-state index >= 15 is 0 Å². The second-order valence-corrected chi connectivity index (χ2v) is 6.05. The highest BCUT2D eigenvalue weighted by Gasteiger charge is 2.26. The summed E-state index contributed by atoms with van der Waals surface area (Å²) in [5.74, 6) is -0.728. The first-order valence-electron chi connectivity index (χ1n) is 10.1. The minimum Gasteiger partial charge on any atom is -0.444 e. The fourth-order valence-corrected chi connectivity index (χ4v) is 1.77. The Morgan fingerprint density at radius 1 is 1.33 bits per heavy atom. The Hall–Kier alpha value is -1.30. The van der Waals surface area contributed by atoms with Crippen molar-refractivity contribution >= 4 is 27.7 Å². The van der Waals surface area contributed by atoms with E-state index < -0.39 is 43.5 Å². The van der Waals surface area contributed by atoms with Gasteiger partial charge in [-0.05, 0) is 54.9 Å². The number of hydrogen-bond acceptors (Lipinski definition) is 3. The normalized spacial score (nSPS) is 31.3. The van der Waals surface area contributed by atoms with Crippen LogP contribution in [0, 0.1) is 5.82 Å². The SMILES string of the molecule is [2H]C1([2H])N(C(=O)OC(C)(C)C)C([2H])([2H])C([2H])([2H])N(c2ccc(F)c(Br)c2)C1([2H])[2H]. The molecule has 116 valence electrons. The number of piperazine rings is 1. The summed E-state index contributed by atoms with van der Waals surface area (Å²) in [6.07, 6.45) is -1.56. The Morgan fingerprint density at radius 3 is 2.48 bits per heavy atom. The molecule has 0 spiro atoms. The zero-order valence-electron chi connectivity index (χ0n) is 19.7. The number of carbonyl (C=O) groups excluding carboxylic acids is 1. The van der Waals surface area contributed by atoms with Gasteiger partial charge in [0.25, 0.3) is 0 Å². The number of halogens is 2. The molecule has 0 N–H and O–H groups in total. The standard InChI is InChI=1S/C15H20BrFN2O2/c1-15(2,3)21-14(20)19-8-6-18(7-9-19)11-4-5-13(17)12(16)10-11/h4-5,10H,6-9H2,1-3H3/i6D2,7D2,8D2,9D2. The van der Waals surface area contributed by atoms with Crippen LogP contribution in [-0.4, -0.2) is 42.6 Å². The van der Waals surface area contributed by atoms with Crippen LogP contribution in [0.2, 0.25) is 0 Å². The molecule has 1 aliphatic rings. The molecule has 1 heterocycles. The van der Waals surface area contributed by atoms with Crippen LogP contribution in [0.5, 0.6) is 0 Å². The van der Waals surface area contributed by atoms with E-state index in [4.69, 9.17) is 15.7 Å². The van der Waals surface area contributed by atoms with E-state index in [1.807, 2.05) is 0 Å². The summed E-state index contributed by atoms with van der Waals surface area (Å²) in [6, 6.07) is 2.89. The van der Waals surface area contributed by atoms with Gasteiger partial charge in [-0.15, -0.1) is 0 Å². The molecule has 6 heteroatoms. The van der Waals surface area contributed by atoms with Crippen molar-refractivity contribution in [3.8, 4) is 0 Å². The van der Waals surface area contributed by atoms with E-state index in [2.05, 4.69) is 15.9 Å². The van der Waals surface area contributed by atoms with Crippen LogP contribution in [-0.2, 0) is 4.74 Å². The van der Waals surface area contributed by atoms with Crippen molar-refractivity contribution in [2.45, 2.75) is 26.4 Å². The number of benzene rings is 1. The fraction of sp³-hybridized carbons (Fsp3) is 0.533. The Morgan fingerprint density at radius 2 is 1.95 bits per heavy atom. The minimum absolute atomic E-state index is 0.155. The summed E-state index contributed by atoms with van der Waals surface area (Å²) < 4.78 is 84.5. The fourth-order valence-electron chi connectivity index (χ4n) is 1.41. The van der Waals surface area contributed by atoms with Gasteiger partial charge >= 0.3 is 6.09 Å². The summed E-state index contributed by atoms with van der Waals surface area (Å²) in [5, 5.41) is 0. The number of amides is 1. The molecule has 0 aliphatic carbocycles. The Balaban J connectivity index is 2.72. The van der Waals surface area contributed by atoms with Gasteiger partial charge in [0.2, 0.25) is 0 Å². The van der Waals surface area contributed by atoms with Crippen molar-refractivity contribution in [2.75, 3.05) is 30.9 Å². The number of anilines is 1. The predicted octanol–water partition coefficient (Wildman–Crippen LogP) is 3.65. The van der Waals surface area contributed by atoms with Crippen molar-refractivity contribution < 1.29 is 24.9 Å².